The number of fused-ring (bicyclic) bond motifs is 1. The molecular weight excluding hydrogens is 439 g/mol. The van der Waals surface area contributed by atoms with Crippen molar-refractivity contribution in [3.63, 3.8) is 0 Å². The van der Waals surface area contributed by atoms with Crippen molar-refractivity contribution in [2.24, 2.45) is 0 Å². The smallest absolute Gasteiger partial charge is 0.359 e. The molecule has 172 valence electrons. The van der Waals surface area contributed by atoms with E-state index in [-0.39, 0.29) is 35.3 Å². The van der Waals surface area contributed by atoms with Gasteiger partial charge in [0.1, 0.15) is 23.1 Å². The number of piperazine rings is 1. The van der Waals surface area contributed by atoms with Crippen LogP contribution in [0.4, 0.5) is 15.8 Å². The minimum atomic E-state index is -0.806. The summed E-state index contributed by atoms with van der Waals surface area (Å²) < 4.78 is 14.4. The lowest BCUT2D eigenvalue weighted by Gasteiger charge is -2.39. The Kier molecular flexibility index (Phi) is 6.26. The highest BCUT2D eigenvalue weighted by atomic mass is 19.1. The van der Waals surface area contributed by atoms with Crippen molar-refractivity contribution in [3.8, 4) is 18.4 Å². The molecule has 9 nitrogen and oxygen atoms in total. The van der Waals surface area contributed by atoms with Crippen molar-refractivity contribution in [1.82, 2.24) is 14.5 Å². The number of pyridine rings is 2. The van der Waals surface area contributed by atoms with Gasteiger partial charge in [-0.2, -0.15) is 5.26 Å². The molecular formula is C24H21FN6O3. The van der Waals surface area contributed by atoms with Gasteiger partial charge in [0.15, 0.2) is 5.69 Å². The average Bonchev–Trinajstić information content (AvgIpc) is 2.85. The van der Waals surface area contributed by atoms with Gasteiger partial charge in [-0.1, -0.05) is 18.1 Å². The van der Waals surface area contributed by atoms with Crippen molar-refractivity contribution in [2.75, 3.05) is 31.1 Å². The topological polar surface area (TPSA) is 108 Å². The molecule has 1 aliphatic rings. The summed E-state index contributed by atoms with van der Waals surface area (Å²) in [5, 5.41) is 21.3. The van der Waals surface area contributed by atoms with Crippen molar-refractivity contribution in [2.45, 2.75) is 19.5 Å². The number of benzene rings is 1. The van der Waals surface area contributed by atoms with E-state index < -0.39 is 16.2 Å². The van der Waals surface area contributed by atoms with Crippen molar-refractivity contribution in [3.05, 3.63) is 73.9 Å². The Balaban J connectivity index is 1.75. The lowest BCUT2D eigenvalue weighted by molar-refractivity contribution is -0.385. The molecule has 1 atom stereocenters. The van der Waals surface area contributed by atoms with Crippen LogP contribution >= 0.6 is 0 Å². The summed E-state index contributed by atoms with van der Waals surface area (Å²) >= 11 is 0. The molecule has 4 rings (SSSR count). The van der Waals surface area contributed by atoms with E-state index in [4.69, 9.17) is 6.42 Å². The molecule has 0 aliphatic carbocycles. The number of nitriles is 1. The summed E-state index contributed by atoms with van der Waals surface area (Å²) in [6.07, 6.45) is 5.39. The van der Waals surface area contributed by atoms with Gasteiger partial charge in [0.2, 0.25) is 0 Å². The normalized spacial score (nSPS) is 15.0. The molecule has 0 radical (unpaired) electrons. The van der Waals surface area contributed by atoms with Gasteiger partial charge in [0, 0.05) is 32.2 Å². The molecule has 34 heavy (non-hydrogen) atoms. The fourth-order valence-corrected chi connectivity index (χ4v) is 4.35. The monoisotopic (exact) mass is 460 g/mol. The predicted molar refractivity (Wildman–Crippen MR) is 125 cm³/mol. The molecule has 1 aromatic carbocycles. The van der Waals surface area contributed by atoms with Crippen molar-refractivity contribution in [1.29, 1.82) is 5.26 Å². The molecule has 0 amide bonds. The highest BCUT2D eigenvalue weighted by Gasteiger charge is 2.33. The molecule has 1 fully saturated rings. The Morgan fingerprint density at radius 3 is 2.47 bits per heavy atom. The molecule has 0 spiro atoms. The molecule has 2 aromatic heterocycles. The molecule has 0 N–H and O–H groups in total. The van der Waals surface area contributed by atoms with Gasteiger partial charge < -0.3 is 4.90 Å². The molecule has 3 aromatic rings. The van der Waals surface area contributed by atoms with E-state index in [0.717, 1.165) is 10.1 Å². The van der Waals surface area contributed by atoms with Crippen LogP contribution in [0.25, 0.3) is 11.0 Å². The maximum absolute atomic E-state index is 13.3. The molecule has 1 aliphatic heterocycles. The van der Waals surface area contributed by atoms with Crippen LogP contribution in [-0.4, -0.2) is 45.6 Å². The van der Waals surface area contributed by atoms with E-state index in [1.807, 2.05) is 13.0 Å². The van der Waals surface area contributed by atoms with Gasteiger partial charge in [0.25, 0.3) is 0 Å². The van der Waals surface area contributed by atoms with E-state index >= 15 is 0 Å². The molecule has 3 heterocycles. The third-order valence-electron chi connectivity index (χ3n) is 6.14. The Morgan fingerprint density at radius 1 is 1.21 bits per heavy atom. The first-order valence-corrected chi connectivity index (χ1v) is 10.7. The summed E-state index contributed by atoms with van der Waals surface area (Å²) in [6.45, 7) is 3.78. The van der Waals surface area contributed by atoms with Gasteiger partial charge in [-0.05, 0) is 36.8 Å². The highest BCUT2D eigenvalue weighted by molar-refractivity contribution is 5.94. The number of nitrogens with zero attached hydrogens (tertiary/aromatic N) is 6. The van der Waals surface area contributed by atoms with Crippen LogP contribution in [-0.2, 0) is 6.54 Å². The molecule has 0 bridgehead atoms. The maximum atomic E-state index is 13.3. The van der Waals surface area contributed by atoms with E-state index in [2.05, 4.69) is 15.8 Å². The number of nitro groups is 1. The van der Waals surface area contributed by atoms with Crippen LogP contribution in [0.2, 0.25) is 0 Å². The molecule has 0 saturated carbocycles. The lowest BCUT2D eigenvalue weighted by Crippen LogP contribution is -2.48. The number of rotatable bonds is 5. The first-order chi connectivity index (χ1) is 16.3. The van der Waals surface area contributed by atoms with Gasteiger partial charge in [0.05, 0.1) is 17.0 Å². The zero-order valence-corrected chi connectivity index (χ0v) is 18.4. The molecule has 1 saturated heterocycles. The Bertz CT molecular complexity index is 1400. The second kappa shape index (κ2) is 9.30. The average molecular weight is 460 g/mol. The van der Waals surface area contributed by atoms with E-state index in [1.54, 1.807) is 23.1 Å². The predicted octanol–water partition coefficient (Wildman–Crippen LogP) is 2.83. The third-order valence-corrected chi connectivity index (χ3v) is 6.14. The van der Waals surface area contributed by atoms with Crippen LogP contribution in [0.3, 0.4) is 0 Å². The maximum Gasteiger partial charge on any atom is 0.359 e. The van der Waals surface area contributed by atoms with Crippen molar-refractivity contribution < 1.29 is 9.31 Å². The number of hydrogen-bond donors (Lipinski definition) is 0. The number of halogens is 1. The summed E-state index contributed by atoms with van der Waals surface area (Å²) in [5.74, 6) is 2.05. The zero-order chi connectivity index (χ0) is 24.4. The lowest BCUT2D eigenvalue weighted by atomic mass is 10.1. The number of aromatic nitrogens is 2. The summed E-state index contributed by atoms with van der Waals surface area (Å²) in [4.78, 5) is 32.7. The third kappa shape index (κ3) is 4.07. The van der Waals surface area contributed by atoms with Crippen LogP contribution in [0.15, 0.2) is 41.2 Å². The summed E-state index contributed by atoms with van der Waals surface area (Å²) in [5.41, 5.74) is 0.264. The van der Waals surface area contributed by atoms with E-state index in [1.165, 1.54) is 18.2 Å². The van der Waals surface area contributed by atoms with Crippen molar-refractivity contribution >= 4 is 22.4 Å². The van der Waals surface area contributed by atoms with Gasteiger partial charge in [-0.15, -0.1) is 6.42 Å². The second-order valence-electron chi connectivity index (χ2n) is 7.98. The summed E-state index contributed by atoms with van der Waals surface area (Å²) in [6, 6.07) is 11.3. The number of anilines is 1. The number of terminal acetylenes is 1. The van der Waals surface area contributed by atoms with E-state index in [9.17, 15) is 24.6 Å². The number of hydrogen-bond acceptors (Lipinski definition) is 7. The van der Waals surface area contributed by atoms with Crippen LogP contribution in [0, 0.1) is 39.6 Å². The summed E-state index contributed by atoms with van der Waals surface area (Å²) in [7, 11) is 0. The fourth-order valence-electron chi connectivity index (χ4n) is 4.35. The Hall–Kier alpha value is -4.28. The van der Waals surface area contributed by atoms with Crippen LogP contribution in [0.1, 0.15) is 24.2 Å². The first kappa shape index (κ1) is 22.9. The van der Waals surface area contributed by atoms with E-state index in [0.29, 0.717) is 31.7 Å². The molecule has 0 unspecified atom stereocenters. The quantitative estimate of drug-likeness (QED) is 0.327. The van der Waals surface area contributed by atoms with Gasteiger partial charge in [-0.25, -0.2) is 9.37 Å². The highest BCUT2D eigenvalue weighted by Crippen LogP contribution is 2.34. The Morgan fingerprint density at radius 2 is 1.88 bits per heavy atom. The van der Waals surface area contributed by atoms with Crippen LogP contribution < -0.4 is 10.5 Å². The largest absolute Gasteiger partial charge is 0.361 e. The van der Waals surface area contributed by atoms with Crippen LogP contribution in [0.5, 0.6) is 0 Å². The van der Waals surface area contributed by atoms with Gasteiger partial charge >= 0.3 is 11.2 Å². The first-order valence-electron chi connectivity index (χ1n) is 10.7. The second-order valence-corrected chi connectivity index (χ2v) is 7.98. The Labute approximate surface area is 194 Å². The van der Waals surface area contributed by atoms with Gasteiger partial charge in [-0.3, -0.25) is 24.4 Å². The SMILES string of the molecule is C#CCn1c(=O)c([N+](=O)[O-])c(N2CCN([C@@H](C)c3ccc(F)cc3)CC2)c2nc(C#N)ccc21. The molecule has 10 heteroatoms. The zero-order valence-electron chi connectivity index (χ0n) is 18.4. The standard InChI is InChI=1S/C24H21FN6O3/c1-3-10-30-20-9-8-19(15-26)27-21(20)22(23(24(30)32)31(33)34)29-13-11-28(12-14-29)16(2)17-4-6-18(25)7-5-17/h1,4-9,16H,10-14H2,2H3/t16-/m0/s1. The minimum Gasteiger partial charge on any atom is -0.361 e. The minimum absolute atomic E-state index is 0.0152. The fraction of sp³-hybridized carbons (Fsp3) is 0.292.